The molecule has 17 heavy (non-hydrogen) atoms. The Balaban J connectivity index is 0.00000121. The maximum Gasteiger partial charge on any atom is 0.407 e. The van der Waals surface area contributed by atoms with Gasteiger partial charge in [0.25, 0.3) is 0 Å². The minimum Gasteiger partial charge on any atom is -0.444 e. The molecule has 0 aliphatic heterocycles. The molecule has 0 saturated heterocycles. The van der Waals surface area contributed by atoms with Crippen molar-refractivity contribution < 1.29 is 9.53 Å². The van der Waals surface area contributed by atoms with Gasteiger partial charge in [-0.1, -0.05) is 13.8 Å². The fourth-order valence-electron chi connectivity index (χ4n) is 1.83. The Morgan fingerprint density at radius 1 is 1.29 bits per heavy atom. The van der Waals surface area contributed by atoms with E-state index >= 15 is 0 Å². The summed E-state index contributed by atoms with van der Waals surface area (Å²) in [6, 6.07) is 0.405. The van der Waals surface area contributed by atoms with E-state index < -0.39 is 5.60 Å². The lowest BCUT2D eigenvalue weighted by Crippen LogP contribution is -2.44. The van der Waals surface area contributed by atoms with Crippen LogP contribution in [0.3, 0.4) is 0 Å². The van der Waals surface area contributed by atoms with Crippen molar-refractivity contribution in [3.05, 3.63) is 0 Å². The topological polar surface area (TPSA) is 64.3 Å². The Bertz CT molecular complexity index is 224. The van der Waals surface area contributed by atoms with E-state index in [4.69, 9.17) is 10.5 Å². The van der Waals surface area contributed by atoms with Crippen LogP contribution in [-0.2, 0) is 4.74 Å². The number of hydrogen-bond donors (Lipinski definition) is 2. The minimum atomic E-state index is -0.430. The maximum absolute atomic E-state index is 11.5. The van der Waals surface area contributed by atoms with Crippen molar-refractivity contribution >= 4 is 6.09 Å². The van der Waals surface area contributed by atoms with Crippen molar-refractivity contribution in [3.63, 3.8) is 0 Å². The summed E-state index contributed by atoms with van der Waals surface area (Å²) in [5.41, 5.74) is 5.41. The molecule has 2 atom stereocenters. The van der Waals surface area contributed by atoms with E-state index in [-0.39, 0.29) is 18.2 Å². The van der Waals surface area contributed by atoms with E-state index in [2.05, 4.69) is 5.32 Å². The summed E-state index contributed by atoms with van der Waals surface area (Å²) in [4.78, 5) is 11.5. The summed E-state index contributed by atoms with van der Waals surface area (Å²) in [7, 11) is 0. The number of amides is 1. The molecule has 102 valence electrons. The number of rotatable bonds is 1. The monoisotopic (exact) mass is 244 g/mol. The van der Waals surface area contributed by atoms with Gasteiger partial charge in [-0.05, 0) is 46.5 Å². The predicted molar refractivity (Wildman–Crippen MR) is 70.9 cm³/mol. The van der Waals surface area contributed by atoms with Crippen LogP contribution >= 0.6 is 0 Å². The molecule has 1 aliphatic rings. The van der Waals surface area contributed by atoms with Gasteiger partial charge in [0.2, 0.25) is 0 Å². The van der Waals surface area contributed by atoms with Gasteiger partial charge in [0.05, 0.1) is 0 Å². The molecule has 0 heterocycles. The Hall–Kier alpha value is -0.770. The zero-order valence-corrected chi connectivity index (χ0v) is 11.9. The molecule has 1 unspecified atom stereocenters. The second-order valence-electron chi connectivity index (χ2n) is 5.27. The first kappa shape index (κ1) is 16.2. The van der Waals surface area contributed by atoms with Gasteiger partial charge in [0, 0.05) is 12.1 Å². The van der Waals surface area contributed by atoms with Crippen LogP contribution in [0.4, 0.5) is 4.79 Å². The Kier molecular flexibility index (Phi) is 7.19. The number of carbonyl (C=O) groups is 1. The fourth-order valence-corrected chi connectivity index (χ4v) is 1.83. The maximum atomic E-state index is 11.5. The normalized spacial score (nSPS) is 24.4. The van der Waals surface area contributed by atoms with E-state index in [1.54, 1.807) is 0 Å². The van der Waals surface area contributed by atoms with E-state index in [1.165, 1.54) is 0 Å². The lowest BCUT2D eigenvalue weighted by atomic mass is 9.92. The van der Waals surface area contributed by atoms with E-state index in [0.29, 0.717) is 0 Å². The van der Waals surface area contributed by atoms with E-state index in [0.717, 1.165) is 25.7 Å². The lowest BCUT2D eigenvalue weighted by molar-refractivity contribution is 0.0491. The van der Waals surface area contributed by atoms with Gasteiger partial charge in [0.15, 0.2) is 0 Å². The van der Waals surface area contributed by atoms with Crippen LogP contribution in [0.1, 0.15) is 60.3 Å². The molecule has 0 spiro atoms. The molecule has 4 heteroatoms. The largest absolute Gasteiger partial charge is 0.444 e. The van der Waals surface area contributed by atoms with Crippen LogP contribution in [0.25, 0.3) is 0 Å². The average molecular weight is 244 g/mol. The van der Waals surface area contributed by atoms with Gasteiger partial charge in [-0.15, -0.1) is 0 Å². The summed E-state index contributed by atoms with van der Waals surface area (Å²) in [5, 5.41) is 2.86. The highest BCUT2D eigenvalue weighted by atomic mass is 16.6. The number of carbonyl (C=O) groups excluding carboxylic acids is 1. The number of alkyl carbamates (subject to hydrolysis) is 1. The van der Waals surface area contributed by atoms with Crippen LogP contribution in [-0.4, -0.2) is 23.8 Å². The Morgan fingerprint density at radius 2 is 1.88 bits per heavy atom. The van der Waals surface area contributed by atoms with Gasteiger partial charge in [0.1, 0.15) is 5.60 Å². The molecule has 1 aliphatic carbocycles. The standard InChI is InChI=1S/C11H22N2O2.C2H6/c1-11(2,3)15-10(14)13-9-6-4-5-8(12)7-9;1-2/h8-9H,4-7,12H2,1-3H3,(H,13,14);1-2H3/t8?,9-;/m0./s1. The van der Waals surface area contributed by atoms with Crippen molar-refractivity contribution in [2.75, 3.05) is 0 Å². The van der Waals surface area contributed by atoms with E-state index in [1.807, 2.05) is 34.6 Å². The lowest BCUT2D eigenvalue weighted by Gasteiger charge is -2.28. The quantitative estimate of drug-likeness (QED) is 0.745. The molecule has 0 aromatic carbocycles. The molecule has 3 N–H and O–H groups in total. The van der Waals surface area contributed by atoms with Crippen molar-refractivity contribution in [1.29, 1.82) is 0 Å². The Morgan fingerprint density at radius 3 is 2.35 bits per heavy atom. The molecule has 4 nitrogen and oxygen atoms in total. The second-order valence-corrected chi connectivity index (χ2v) is 5.27. The number of hydrogen-bond acceptors (Lipinski definition) is 3. The first-order chi connectivity index (χ1) is 7.87. The van der Waals surface area contributed by atoms with Crippen molar-refractivity contribution in [2.45, 2.75) is 78.0 Å². The predicted octanol–water partition coefficient (Wildman–Crippen LogP) is 2.81. The number of nitrogens with two attached hydrogens (primary N) is 1. The molecule has 1 fully saturated rings. The Labute approximate surface area is 105 Å². The molecular formula is C13H28N2O2. The highest BCUT2D eigenvalue weighted by molar-refractivity contribution is 5.68. The summed E-state index contributed by atoms with van der Waals surface area (Å²) in [6.45, 7) is 9.58. The van der Waals surface area contributed by atoms with Gasteiger partial charge in [-0.3, -0.25) is 0 Å². The van der Waals surface area contributed by atoms with Crippen LogP contribution < -0.4 is 11.1 Å². The SMILES string of the molecule is CC.CC(C)(C)OC(=O)N[C@H]1CCCC(N)C1. The van der Waals surface area contributed by atoms with Crippen LogP contribution in [0, 0.1) is 0 Å². The third kappa shape index (κ3) is 8.02. The minimum absolute atomic E-state index is 0.184. The molecule has 0 bridgehead atoms. The summed E-state index contributed by atoms with van der Waals surface area (Å²) >= 11 is 0. The van der Waals surface area contributed by atoms with Crippen molar-refractivity contribution in [3.8, 4) is 0 Å². The number of nitrogens with one attached hydrogen (secondary N) is 1. The smallest absolute Gasteiger partial charge is 0.407 e. The van der Waals surface area contributed by atoms with Gasteiger partial charge >= 0.3 is 6.09 Å². The first-order valence-corrected chi connectivity index (χ1v) is 6.62. The molecule has 1 amide bonds. The van der Waals surface area contributed by atoms with Crippen molar-refractivity contribution in [1.82, 2.24) is 5.32 Å². The fraction of sp³-hybridized carbons (Fsp3) is 0.923. The second kappa shape index (κ2) is 7.54. The third-order valence-corrected chi connectivity index (χ3v) is 2.44. The highest BCUT2D eigenvalue weighted by Crippen LogP contribution is 2.17. The summed E-state index contributed by atoms with van der Waals surface area (Å²) in [6.07, 6.45) is 3.68. The molecule has 1 rings (SSSR count). The zero-order valence-electron chi connectivity index (χ0n) is 11.9. The van der Waals surface area contributed by atoms with Gasteiger partial charge in [-0.25, -0.2) is 4.79 Å². The molecule has 1 saturated carbocycles. The molecule has 0 radical (unpaired) electrons. The molecular weight excluding hydrogens is 216 g/mol. The first-order valence-electron chi connectivity index (χ1n) is 6.62. The van der Waals surface area contributed by atoms with Crippen LogP contribution in [0.15, 0.2) is 0 Å². The molecule has 0 aromatic heterocycles. The van der Waals surface area contributed by atoms with E-state index in [9.17, 15) is 4.79 Å². The average Bonchev–Trinajstić information content (AvgIpc) is 2.17. The van der Waals surface area contributed by atoms with Crippen molar-refractivity contribution in [2.24, 2.45) is 5.73 Å². The zero-order chi connectivity index (χ0) is 13.5. The number of ether oxygens (including phenoxy) is 1. The summed E-state index contributed by atoms with van der Waals surface area (Å²) in [5.74, 6) is 0. The summed E-state index contributed by atoms with van der Waals surface area (Å²) < 4.78 is 5.18. The highest BCUT2D eigenvalue weighted by Gasteiger charge is 2.23. The van der Waals surface area contributed by atoms with Gasteiger partial charge in [-0.2, -0.15) is 0 Å². The third-order valence-electron chi connectivity index (χ3n) is 2.44. The van der Waals surface area contributed by atoms with Gasteiger partial charge < -0.3 is 15.8 Å². The van der Waals surface area contributed by atoms with Crippen LogP contribution in [0.5, 0.6) is 0 Å². The molecule has 0 aromatic rings. The van der Waals surface area contributed by atoms with Crippen LogP contribution in [0.2, 0.25) is 0 Å².